The van der Waals surface area contributed by atoms with E-state index in [1.807, 2.05) is 0 Å². The molecule has 0 saturated heterocycles. The molecule has 146 valence electrons. The van der Waals surface area contributed by atoms with Crippen molar-refractivity contribution in [2.45, 2.75) is 6.18 Å². The lowest BCUT2D eigenvalue weighted by atomic mass is 10.1. The Morgan fingerprint density at radius 2 is 1.57 bits per heavy atom. The predicted molar refractivity (Wildman–Crippen MR) is 94.5 cm³/mol. The van der Waals surface area contributed by atoms with Gasteiger partial charge in [-0.25, -0.2) is 0 Å². The van der Waals surface area contributed by atoms with Crippen LogP contribution in [0.5, 0.6) is 0 Å². The SMILES string of the molecule is O=C(Nc1cccc(C(=O)Nc2cccc(C(F)(F)F)c2)c1)C1=COCCO1. The Morgan fingerprint density at radius 3 is 2.25 bits per heavy atom. The van der Waals surface area contributed by atoms with Gasteiger partial charge in [-0.3, -0.25) is 9.59 Å². The van der Waals surface area contributed by atoms with Gasteiger partial charge in [-0.2, -0.15) is 13.2 Å². The third kappa shape index (κ3) is 4.81. The first-order chi connectivity index (χ1) is 13.3. The zero-order valence-electron chi connectivity index (χ0n) is 14.4. The molecule has 0 spiro atoms. The number of carbonyl (C=O) groups excluding carboxylic acids is 2. The lowest BCUT2D eigenvalue weighted by Crippen LogP contribution is -2.21. The van der Waals surface area contributed by atoms with E-state index in [2.05, 4.69) is 10.6 Å². The summed E-state index contributed by atoms with van der Waals surface area (Å²) in [6.07, 6.45) is -3.31. The summed E-state index contributed by atoms with van der Waals surface area (Å²) in [5.74, 6) is -1.16. The minimum absolute atomic E-state index is 0.00469. The Bertz CT molecular complexity index is 925. The van der Waals surface area contributed by atoms with E-state index in [4.69, 9.17) is 9.47 Å². The number of halogens is 3. The summed E-state index contributed by atoms with van der Waals surface area (Å²) < 4.78 is 48.5. The maximum Gasteiger partial charge on any atom is 0.416 e. The molecule has 2 N–H and O–H groups in total. The van der Waals surface area contributed by atoms with E-state index >= 15 is 0 Å². The molecule has 0 aromatic heterocycles. The van der Waals surface area contributed by atoms with E-state index in [1.54, 1.807) is 6.07 Å². The van der Waals surface area contributed by atoms with Crippen molar-refractivity contribution in [1.82, 2.24) is 0 Å². The average molecular weight is 392 g/mol. The van der Waals surface area contributed by atoms with E-state index in [1.165, 1.54) is 36.6 Å². The number of ether oxygens (including phenoxy) is 2. The molecule has 0 fully saturated rings. The molecule has 1 aliphatic rings. The monoisotopic (exact) mass is 392 g/mol. The first-order valence-corrected chi connectivity index (χ1v) is 8.17. The van der Waals surface area contributed by atoms with E-state index in [0.717, 1.165) is 12.1 Å². The van der Waals surface area contributed by atoms with Crippen LogP contribution in [-0.2, 0) is 20.4 Å². The number of benzene rings is 2. The van der Waals surface area contributed by atoms with Gasteiger partial charge in [-0.05, 0) is 36.4 Å². The van der Waals surface area contributed by atoms with Gasteiger partial charge in [0.15, 0.2) is 0 Å². The van der Waals surface area contributed by atoms with Crippen LogP contribution in [0.2, 0.25) is 0 Å². The topological polar surface area (TPSA) is 76.7 Å². The van der Waals surface area contributed by atoms with Crippen LogP contribution in [0.15, 0.2) is 60.6 Å². The van der Waals surface area contributed by atoms with Gasteiger partial charge in [-0.15, -0.1) is 0 Å². The van der Waals surface area contributed by atoms with E-state index in [-0.39, 0.29) is 23.6 Å². The molecule has 3 rings (SSSR count). The number of hydrogen-bond donors (Lipinski definition) is 2. The van der Waals surface area contributed by atoms with Crippen LogP contribution in [0.4, 0.5) is 24.5 Å². The van der Waals surface area contributed by atoms with Crippen molar-refractivity contribution in [2.24, 2.45) is 0 Å². The Balaban J connectivity index is 1.70. The summed E-state index contributed by atoms with van der Waals surface area (Å²) in [6, 6.07) is 10.3. The van der Waals surface area contributed by atoms with Gasteiger partial charge in [0.05, 0.1) is 5.56 Å². The predicted octanol–water partition coefficient (Wildman–Crippen LogP) is 3.78. The molecular weight excluding hydrogens is 377 g/mol. The Morgan fingerprint density at radius 1 is 0.893 bits per heavy atom. The molecule has 0 saturated carbocycles. The molecule has 0 unspecified atom stereocenters. The lowest BCUT2D eigenvalue weighted by molar-refractivity contribution is -0.137. The maximum absolute atomic E-state index is 12.8. The van der Waals surface area contributed by atoms with Gasteiger partial charge < -0.3 is 20.1 Å². The minimum Gasteiger partial charge on any atom is -0.494 e. The lowest BCUT2D eigenvalue weighted by Gasteiger charge is -2.15. The summed E-state index contributed by atoms with van der Waals surface area (Å²) in [5, 5.41) is 4.97. The van der Waals surface area contributed by atoms with E-state index in [9.17, 15) is 22.8 Å². The number of anilines is 2. The van der Waals surface area contributed by atoms with Gasteiger partial charge in [-0.1, -0.05) is 12.1 Å². The summed E-state index contributed by atoms with van der Waals surface area (Å²) in [4.78, 5) is 24.4. The number of nitrogens with one attached hydrogen (secondary N) is 2. The van der Waals surface area contributed by atoms with Crippen molar-refractivity contribution in [2.75, 3.05) is 23.8 Å². The fourth-order valence-corrected chi connectivity index (χ4v) is 2.39. The minimum atomic E-state index is -4.51. The summed E-state index contributed by atoms with van der Waals surface area (Å²) in [7, 11) is 0. The third-order valence-corrected chi connectivity index (χ3v) is 3.70. The summed E-state index contributed by atoms with van der Waals surface area (Å²) >= 11 is 0. The molecule has 1 heterocycles. The number of amides is 2. The Labute approximate surface area is 157 Å². The standard InChI is InChI=1S/C19H15F3N2O4/c20-19(21,22)13-4-2-6-15(10-13)23-17(25)12-3-1-5-14(9-12)24-18(26)16-11-27-7-8-28-16/h1-6,9-11H,7-8H2,(H,23,25)(H,24,26). The average Bonchev–Trinajstić information content (AvgIpc) is 2.68. The van der Waals surface area contributed by atoms with Crippen molar-refractivity contribution in [3.8, 4) is 0 Å². The molecule has 2 aromatic carbocycles. The second-order valence-electron chi connectivity index (χ2n) is 5.77. The molecule has 0 radical (unpaired) electrons. The third-order valence-electron chi connectivity index (χ3n) is 3.70. The first kappa shape index (κ1) is 19.3. The molecule has 2 amide bonds. The highest BCUT2D eigenvalue weighted by molar-refractivity contribution is 6.06. The second-order valence-corrected chi connectivity index (χ2v) is 5.77. The number of alkyl halides is 3. The molecule has 0 bridgehead atoms. The van der Waals surface area contributed by atoms with Crippen LogP contribution in [0.25, 0.3) is 0 Å². The van der Waals surface area contributed by atoms with Crippen LogP contribution in [-0.4, -0.2) is 25.0 Å². The van der Waals surface area contributed by atoms with E-state index < -0.39 is 23.6 Å². The second kappa shape index (κ2) is 8.03. The van der Waals surface area contributed by atoms with Crippen LogP contribution in [0, 0.1) is 0 Å². The fraction of sp³-hybridized carbons (Fsp3) is 0.158. The van der Waals surface area contributed by atoms with Crippen molar-refractivity contribution in [3.05, 3.63) is 71.7 Å². The molecule has 2 aromatic rings. The maximum atomic E-state index is 12.8. The number of rotatable bonds is 4. The molecule has 0 aliphatic carbocycles. The van der Waals surface area contributed by atoms with Crippen molar-refractivity contribution < 1.29 is 32.2 Å². The molecule has 28 heavy (non-hydrogen) atoms. The molecule has 9 heteroatoms. The zero-order chi connectivity index (χ0) is 20.1. The fourth-order valence-electron chi connectivity index (χ4n) is 2.39. The van der Waals surface area contributed by atoms with Crippen LogP contribution in [0.1, 0.15) is 15.9 Å². The Hall–Kier alpha value is -3.49. The highest BCUT2D eigenvalue weighted by Crippen LogP contribution is 2.30. The van der Waals surface area contributed by atoms with Gasteiger partial charge in [0.1, 0.15) is 19.5 Å². The molecule has 0 atom stereocenters. The summed E-state index contributed by atoms with van der Waals surface area (Å²) in [5.41, 5.74) is -0.386. The van der Waals surface area contributed by atoms with Gasteiger partial charge in [0.2, 0.25) is 5.76 Å². The highest BCUT2D eigenvalue weighted by atomic mass is 19.4. The molecule has 1 aliphatic heterocycles. The quantitative estimate of drug-likeness (QED) is 0.830. The van der Waals surface area contributed by atoms with Crippen molar-refractivity contribution in [1.29, 1.82) is 0 Å². The zero-order valence-corrected chi connectivity index (χ0v) is 14.4. The van der Waals surface area contributed by atoms with Crippen molar-refractivity contribution >= 4 is 23.2 Å². The van der Waals surface area contributed by atoms with Crippen LogP contribution in [0.3, 0.4) is 0 Å². The van der Waals surface area contributed by atoms with Gasteiger partial charge in [0, 0.05) is 16.9 Å². The van der Waals surface area contributed by atoms with Crippen LogP contribution >= 0.6 is 0 Å². The van der Waals surface area contributed by atoms with Crippen molar-refractivity contribution in [3.63, 3.8) is 0 Å². The Kier molecular flexibility index (Phi) is 5.53. The largest absolute Gasteiger partial charge is 0.494 e. The summed E-state index contributed by atoms with van der Waals surface area (Å²) in [6.45, 7) is 0.598. The molecular formula is C19H15F3N2O4. The van der Waals surface area contributed by atoms with Crippen LogP contribution < -0.4 is 10.6 Å². The smallest absolute Gasteiger partial charge is 0.416 e. The molecule has 6 nitrogen and oxygen atoms in total. The number of hydrogen-bond acceptors (Lipinski definition) is 4. The van der Waals surface area contributed by atoms with E-state index in [0.29, 0.717) is 12.3 Å². The highest BCUT2D eigenvalue weighted by Gasteiger charge is 2.30. The first-order valence-electron chi connectivity index (χ1n) is 8.17. The van der Waals surface area contributed by atoms with Gasteiger partial charge >= 0.3 is 6.18 Å². The normalized spacial score (nSPS) is 13.6. The van der Waals surface area contributed by atoms with Gasteiger partial charge in [0.25, 0.3) is 11.8 Å². The number of carbonyl (C=O) groups is 2.